The van der Waals surface area contributed by atoms with Gasteiger partial charge in [0.1, 0.15) is 0 Å². The molecule has 0 saturated carbocycles. The molecule has 3 heteroatoms. The van der Waals surface area contributed by atoms with Gasteiger partial charge in [-0.1, -0.05) is 26.7 Å². The average Bonchev–Trinajstić information content (AvgIpc) is 2.30. The Morgan fingerprint density at radius 3 is 2.81 bits per heavy atom. The van der Waals surface area contributed by atoms with Gasteiger partial charge in [-0.05, 0) is 44.3 Å². The molecular weight excluding hydrogens is 216 g/mol. The van der Waals surface area contributed by atoms with Gasteiger partial charge in [0.25, 0.3) is 0 Å². The van der Waals surface area contributed by atoms with Gasteiger partial charge in [0, 0.05) is 19.1 Å². The zero-order valence-electron chi connectivity index (χ0n) is 10.8. The van der Waals surface area contributed by atoms with Crippen LogP contribution in [0.15, 0.2) is 0 Å². The first-order valence-corrected chi connectivity index (χ1v) is 7.24. The average molecular weight is 242 g/mol. The van der Waals surface area contributed by atoms with Crippen molar-refractivity contribution < 1.29 is 0 Å². The molecule has 0 aromatic carbocycles. The van der Waals surface area contributed by atoms with Crippen LogP contribution in [-0.4, -0.2) is 29.1 Å². The second-order valence-electron chi connectivity index (χ2n) is 4.72. The van der Waals surface area contributed by atoms with E-state index in [0.717, 1.165) is 18.2 Å². The third-order valence-electron chi connectivity index (χ3n) is 3.32. The number of likely N-dealkylation sites (tertiary alicyclic amines) is 1. The summed E-state index contributed by atoms with van der Waals surface area (Å²) in [6.45, 7) is 6.67. The van der Waals surface area contributed by atoms with Crippen LogP contribution in [0.1, 0.15) is 58.8 Å². The van der Waals surface area contributed by atoms with Crippen molar-refractivity contribution in [3.63, 3.8) is 0 Å². The highest BCUT2D eigenvalue weighted by atomic mass is 32.1. The quantitative estimate of drug-likeness (QED) is 0.588. The maximum absolute atomic E-state index is 5.49. The van der Waals surface area contributed by atoms with Crippen molar-refractivity contribution >= 4 is 17.3 Å². The minimum absolute atomic E-state index is 0.695. The Hall–Kier alpha value is -0.310. The topological polar surface area (TPSA) is 15.3 Å². The van der Waals surface area contributed by atoms with Crippen molar-refractivity contribution in [3.8, 4) is 0 Å². The van der Waals surface area contributed by atoms with Crippen molar-refractivity contribution in [2.24, 2.45) is 0 Å². The molecule has 1 unspecified atom stereocenters. The Balaban J connectivity index is 2.37. The van der Waals surface area contributed by atoms with Crippen LogP contribution in [0.4, 0.5) is 0 Å². The SMILES string of the molecule is CCCCNC(=S)N1CCCCC1CCC. The van der Waals surface area contributed by atoms with Crippen molar-refractivity contribution in [2.45, 2.75) is 64.8 Å². The van der Waals surface area contributed by atoms with Gasteiger partial charge in [0.2, 0.25) is 0 Å². The molecule has 0 amide bonds. The number of rotatable bonds is 5. The van der Waals surface area contributed by atoms with Gasteiger partial charge >= 0.3 is 0 Å². The molecule has 2 nitrogen and oxygen atoms in total. The summed E-state index contributed by atoms with van der Waals surface area (Å²) >= 11 is 5.49. The smallest absolute Gasteiger partial charge is 0.169 e. The molecule has 0 bridgehead atoms. The molecule has 0 aliphatic carbocycles. The number of nitrogens with zero attached hydrogens (tertiary/aromatic N) is 1. The lowest BCUT2D eigenvalue weighted by molar-refractivity contribution is 0.226. The lowest BCUT2D eigenvalue weighted by atomic mass is 9.99. The van der Waals surface area contributed by atoms with Gasteiger partial charge in [-0.25, -0.2) is 0 Å². The zero-order valence-corrected chi connectivity index (χ0v) is 11.6. The Kier molecular flexibility index (Phi) is 6.78. The molecule has 1 rings (SSSR count). The number of unbranched alkanes of at least 4 members (excludes halogenated alkanes) is 1. The highest BCUT2D eigenvalue weighted by Crippen LogP contribution is 2.20. The molecule has 0 aromatic heterocycles. The van der Waals surface area contributed by atoms with Crippen molar-refractivity contribution in [2.75, 3.05) is 13.1 Å². The summed E-state index contributed by atoms with van der Waals surface area (Å²) in [5, 5.41) is 4.39. The van der Waals surface area contributed by atoms with E-state index in [9.17, 15) is 0 Å². The van der Waals surface area contributed by atoms with Crippen LogP contribution >= 0.6 is 12.2 Å². The van der Waals surface area contributed by atoms with Crippen LogP contribution in [-0.2, 0) is 0 Å². The molecule has 1 aliphatic heterocycles. The second-order valence-corrected chi connectivity index (χ2v) is 5.10. The molecule has 1 saturated heterocycles. The highest BCUT2D eigenvalue weighted by Gasteiger charge is 2.23. The van der Waals surface area contributed by atoms with E-state index in [2.05, 4.69) is 24.1 Å². The monoisotopic (exact) mass is 242 g/mol. The van der Waals surface area contributed by atoms with Gasteiger partial charge in [0.15, 0.2) is 5.11 Å². The molecule has 94 valence electrons. The number of piperidine rings is 1. The second kappa shape index (κ2) is 7.88. The van der Waals surface area contributed by atoms with E-state index in [1.807, 2.05) is 0 Å². The van der Waals surface area contributed by atoms with E-state index in [4.69, 9.17) is 12.2 Å². The third-order valence-corrected chi connectivity index (χ3v) is 3.70. The molecule has 0 aromatic rings. The van der Waals surface area contributed by atoms with Gasteiger partial charge in [-0.15, -0.1) is 0 Å². The Bertz CT molecular complexity index is 204. The van der Waals surface area contributed by atoms with E-state index in [1.54, 1.807) is 0 Å². The van der Waals surface area contributed by atoms with Gasteiger partial charge in [-0.2, -0.15) is 0 Å². The van der Waals surface area contributed by atoms with Crippen LogP contribution < -0.4 is 5.32 Å². The number of nitrogens with one attached hydrogen (secondary N) is 1. The largest absolute Gasteiger partial charge is 0.363 e. The molecule has 1 heterocycles. The summed E-state index contributed by atoms with van der Waals surface area (Å²) < 4.78 is 0. The maximum Gasteiger partial charge on any atom is 0.169 e. The molecule has 0 spiro atoms. The number of thiocarbonyl (C=S) groups is 1. The van der Waals surface area contributed by atoms with E-state index in [1.165, 1.54) is 44.9 Å². The summed E-state index contributed by atoms with van der Waals surface area (Å²) in [5.74, 6) is 0. The number of hydrogen-bond acceptors (Lipinski definition) is 1. The van der Waals surface area contributed by atoms with Crippen LogP contribution in [0.3, 0.4) is 0 Å². The predicted molar refractivity (Wildman–Crippen MR) is 74.8 cm³/mol. The minimum Gasteiger partial charge on any atom is -0.363 e. The van der Waals surface area contributed by atoms with Gasteiger partial charge in [-0.3, -0.25) is 0 Å². The van der Waals surface area contributed by atoms with E-state index < -0.39 is 0 Å². The van der Waals surface area contributed by atoms with Crippen molar-refractivity contribution in [3.05, 3.63) is 0 Å². The predicted octanol–water partition coefficient (Wildman–Crippen LogP) is 3.32. The van der Waals surface area contributed by atoms with Crippen molar-refractivity contribution in [1.82, 2.24) is 10.2 Å². The fourth-order valence-electron chi connectivity index (χ4n) is 2.37. The number of hydrogen-bond donors (Lipinski definition) is 1. The van der Waals surface area contributed by atoms with E-state index in [-0.39, 0.29) is 0 Å². The Morgan fingerprint density at radius 1 is 1.31 bits per heavy atom. The maximum atomic E-state index is 5.49. The standard InChI is InChI=1S/C13H26N2S/c1-3-5-10-14-13(16)15-11-7-6-9-12(15)8-4-2/h12H,3-11H2,1-2H3,(H,14,16). The van der Waals surface area contributed by atoms with Crippen LogP contribution in [0.5, 0.6) is 0 Å². The van der Waals surface area contributed by atoms with E-state index >= 15 is 0 Å². The summed E-state index contributed by atoms with van der Waals surface area (Å²) in [7, 11) is 0. The van der Waals surface area contributed by atoms with Gasteiger partial charge in [0.05, 0.1) is 0 Å². The first-order valence-electron chi connectivity index (χ1n) is 6.84. The molecular formula is C13H26N2S. The summed E-state index contributed by atoms with van der Waals surface area (Å²) in [4.78, 5) is 2.43. The molecule has 1 N–H and O–H groups in total. The third kappa shape index (κ3) is 4.28. The lowest BCUT2D eigenvalue weighted by Gasteiger charge is -2.37. The summed E-state index contributed by atoms with van der Waals surface area (Å²) in [6.07, 6.45) is 8.99. The minimum atomic E-state index is 0.695. The zero-order chi connectivity index (χ0) is 11.8. The summed E-state index contributed by atoms with van der Waals surface area (Å²) in [5.41, 5.74) is 0. The molecule has 1 fully saturated rings. The van der Waals surface area contributed by atoms with Crippen LogP contribution in [0, 0.1) is 0 Å². The van der Waals surface area contributed by atoms with Crippen LogP contribution in [0.2, 0.25) is 0 Å². The molecule has 0 radical (unpaired) electrons. The van der Waals surface area contributed by atoms with Crippen molar-refractivity contribution in [1.29, 1.82) is 0 Å². The highest BCUT2D eigenvalue weighted by molar-refractivity contribution is 7.80. The van der Waals surface area contributed by atoms with Crippen LogP contribution in [0.25, 0.3) is 0 Å². The first-order chi connectivity index (χ1) is 7.79. The molecule has 1 atom stereocenters. The first kappa shape index (κ1) is 13.8. The van der Waals surface area contributed by atoms with Gasteiger partial charge < -0.3 is 10.2 Å². The lowest BCUT2D eigenvalue weighted by Crippen LogP contribution is -2.48. The normalized spacial score (nSPS) is 20.9. The molecule has 1 aliphatic rings. The van der Waals surface area contributed by atoms with E-state index in [0.29, 0.717) is 6.04 Å². The summed E-state index contributed by atoms with van der Waals surface area (Å²) in [6, 6.07) is 0.695. The fourth-order valence-corrected chi connectivity index (χ4v) is 2.72. The Morgan fingerprint density at radius 2 is 2.12 bits per heavy atom. The fraction of sp³-hybridized carbons (Fsp3) is 0.923. The Labute approximate surface area is 106 Å². The molecule has 16 heavy (non-hydrogen) atoms.